The molecule has 0 saturated heterocycles. The smallest absolute Gasteiger partial charge is 0.207 e. The fourth-order valence-electron chi connectivity index (χ4n) is 3.61. The Morgan fingerprint density at radius 3 is 2.42 bits per heavy atom. The molecule has 2 aromatic carbocycles. The maximum atomic E-state index is 13.5. The SMILES string of the molecule is Cc1ccc(S(=O)(=O)N2CCc3sccc3C2c2ccccc2C)cc1. The normalized spacial score (nSPS) is 17.8. The van der Waals surface area contributed by atoms with E-state index in [4.69, 9.17) is 0 Å². The lowest BCUT2D eigenvalue weighted by molar-refractivity contribution is 0.346. The van der Waals surface area contributed by atoms with Crippen molar-refractivity contribution in [3.05, 3.63) is 87.1 Å². The van der Waals surface area contributed by atoms with Gasteiger partial charge in [-0.2, -0.15) is 4.31 Å². The lowest BCUT2D eigenvalue weighted by Crippen LogP contribution is -2.40. The number of thiophene rings is 1. The molecule has 5 heteroatoms. The first-order valence-corrected chi connectivity index (χ1v) is 11.0. The molecule has 1 atom stereocenters. The van der Waals surface area contributed by atoms with Crippen LogP contribution in [0.5, 0.6) is 0 Å². The predicted molar refractivity (Wildman–Crippen MR) is 106 cm³/mol. The summed E-state index contributed by atoms with van der Waals surface area (Å²) in [4.78, 5) is 1.65. The molecule has 0 radical (unpaired) electrons. The average molecular weight is 384 g/mol. The number of benzene rings is 2. The molecule has 0 spiro atoms. The highest BCUT2D eigenvalue weighted by atomic mass is 32.2. The molecule has 4 rings (SSSR count). The first-order valence-electron chi connectivity index (χ1n) is 8.69. The number of rotatable bonds is 3. The molecule has 0 N–H and O–H groups in total. The van der Waals surface area contributed by atoms with Crippen molar-refractivity contribution in [2.75, 3.05) is 6.54 Å². The van der Waals surface area contributed by atoms with Gasteiger partial charge in [-0.05, 0) is 60.5 Å². The van der Waals surface area contributed by atoms with Gasteiger partial charge in [0.15, 0.2) is 0 Å². The Kier molecular flexibility index (Phi) is 4.47. The number of sulfonamides is 1. The summed E-state index contributed by atoms with van der Waals surface area (Å²) >= 11 is 1.72. The molecule has 0 bridgehead atoms. The average Bonchev–Trinajstić information content (AvgIpc) is 3.10. The zero-order valence-corrected chi connectivity index (χ0v) is 16.5. The van der Waals surface area contributed by atoms with Crippen LogP contribution in [-0.4, -0.2) is 19.3 Å². The second kappa shape index (κ2) is 6.65. The number of hydrogen-bond acceptors (Lipinski definition) is 3. The Bertz CT molecular complexity index is 1040. The Balaban J connectivity index is 1.87. The molecule has 2 heterocycles. The van der Waals surface area contributed by atoms with Crippen molar-refractivity contribution in [3.8, 4) is 0 Å². The first kappa shape index (κ1) is 17.5. The zero-order valence-electron chi connectivity index (χ0n) is 14.8. The molecule has 0 saturated carbocycles. The maximum absolute atomic E-state index is 13.5. The number of fused-ring (bicyclic) bond motifs is 1. The second-order valence-electron chi connectivity index (χ2n) is 6.74. The monoisotopic (exact) mass is 383 g/mol. The molecule has 1 aromatic heterocycles. The minimum absolute atomic E-state index is 0.266. The van der Waals surface area contributed by atoms with E-state index >= 15 is 0 Å². The maximum Gasteiger partial charge on any atom is 0.243 e. The van der Waals surface area contributed by atoms with Gasteiger partial charge < -0.3 is 0 Å². The molecule has 26 heavy (non-hydrogen) atoms. The molecule has 3 nitrogen and oxygen atoms in total. The fourth-order valence-corrected chi connectivity index (χ4v) is 6.11. The van der Waals surface area contributed by atoms with E-state index in [2.05, 4.69) is 11.4 Å². The van der Waals surface area contributed by atoms with Gasteiger partial charge in [-0.15, -0.1) is 11.3 Å². The molecule has 0 amide bonds. The third-order valence-electron chi connectivity index (χ3n) is 5.03. The van der Waals surface area contributed by atoms with Crippen LogP contribution in [0.3, 0.4) is 0 Å². The Morgan fingerprint density at radius 1 is 0.962 bits per heavy atom. The van der Waals surface area contributed by atoms with Crippen molar-refractivity contribution in [2.24, 2.45) is 0 Å². The van der Waals surface area contributed by atoms with E-state index in [-0.39, 0.29) is 6.04 Å². The minimum atomic E-state index is -3.58. The molecule has 1 aliphatic heterocycles. The lowest BCUT2D eigenvalue weighted by atomic mass is 9.92. The van der Waals surface area contributed by atoms with Gasteiger partial charge in [0.1, 0.15) is 0 Å². The van der Waals surface area contributed by atoms with Crippen LogP contribution >= 0.6 is 11.3 Å². The van der Waals surface area contributed by atoms with Crippen LogP contribution in [-0.2, 0) is 16.4 Å². The lowest BCUT2D eigenvalue weighted by Gasteiger charge is -2.36. The molecule has 1 unspecified atom stereocenters. The Hall–Kier alpha value is -1.95. The van der Waals surface area contributed by atoms with Crippen LogP contribution in [0.1, 0.15) is 33.2 Å². The van der Waals surface area contributed by atoms with Crippen LogP contribution in [0, 0.1) is 13.8 Å². The summed E-state index contributed by atoms with van der Waals surface area (Å²) in [5.41, 5.74) is 4.34. The molecular weight excluding hydrogens is 362 g/mol. The summed E-state index contributed by atoms with van der Waals surface area (Å²) in [5.74, 6) is 0. The van der Waals surface area contributed by atoms with E-state index in [0.29, 0.717) is 11.4 Å². The van der Waals surface area contributed by atoms with E-state index in [1.807, 2.05) is 50.2 Å². The standard InChI is InChI=1S/C21H21NO2S2/c1-15-7-9-17(10-8-15)26(23,24)22-13-11-20-19(12-14-25-20)21(22)18-6-4-3-5-16(18)2/h3-10,12,14,21H,11,13H2,1-2H3. The second-order valence-corrected chi connectivity index (χ2v) is 9.63. The van der Waals surface area contributed by atoms with Crippen LogP contribution in [0.4, 0.5) is 0 Å². The third-order valence-corrected chi connectivity index (χ3v) is 7.91. The highest BCUT2D eigenvalue weighted by Gasteiger charge is 2.38. The number of nitrogens with zero attached hydrogens (tertiary/aromatic N) is 1. The highest BCUT2D eigenvalue weighted by molar-refractivity contribution is 7.89. The van der Waals surface area contributed by atoms with Crippen molar-refractivity contribution in [1.82, 2.24) is 4.31 Å². The predicted octanol–water partition coefficient (Wildman–Crippen LogP) is 4.70. The molecule has 134 valence electrons. The summed E-state index contributed by atoms with van der Waals surface area (Å²) in [6.45, 7) is 4.51. The van der Waals surface area contributed by atoms with Crippen LogP contribution in [0.2, 0.25) is 0 Å². The van der Waals surface area contributed by atoms with E-state index < -0.39 is 10.0 Å². The summed E-state index contributed by atoms with van der Waals surface area (Å²) in [6, 6.07) is 17.0. The van der Waals surface area contributed by atoms with Crippen molar-refractivity contribution >= 4 is 21.4 Å². The number of hydrogen-bond donors (Lipinski definition) is 0. The van der Waals surface area contributed by atoms with Gasteiger partial charge in [0.2, 0.25) is 10.0 Å². The largest absolute Gasteiger partial charge is 0.243 e. The van der Waals surface area contributed by atoms with Crippen LogP contribution in [0.15, 0.2) is 64.9 Å². The summed E-state index contributed by atoms with van der Waals surface area (Å²) < 4.78 is 28.6. The Morgan fingerprint density at radius 2 is 1.69 bits per heavy atom. The van der Waals surface area contributed by atoms with Crippen molar-refractivity contribution in [2.45, 2.75) is 31.2 Å². The quantitative estimate of drug-likeness (QED) is 0.657. The van der Waals surface area contributed by atoms with Gasteiger partial charge in [0.25, 0.3) is 0 Å². The highest BCUT2D eigenvalue weighted by Crippen LogP contribution is 2.41. The number of aryl methyl sites for hydroxylation is 2. The molecule has 0 aliphatic carbocycles. The molecule has 0 fully saturated rings. The van der Waals surface area contributed by atoms with Crippen LogP contribution in [0.25, 0.3) is 0 Å². The topological polar surface area (TPSA) is 37.4 Å². The summed E-state index contributed by atoms with van der Waals surface area (Å²) in [5, 5.41) is 2.07. The van der Waals surface area contributed by atoms with Gasteiger partial charge in [0.05, 0.1) is 10.9 Å². The molecular formula is C21H21NO2S2. The zero-order chi connectivity index (χ0) is 18.3. The van der Waals surface area contributed by atoms with Crippen molar-refractivity contribution in [3.63, 3.8) is 0 Å². The van der Waals surface area contributed by atoms with E-state index in [9.17, 15) is 8.42 Å². The fraction of sp³-hybridized carbons (Fsp3) is 0.238. The van der Waals surface area contributed by atoms with E-state index in [1.165, 1.54) is 4.88 Å². The van der Waals surface area contributed by atoms with E-state index in [0.717, 1.165) is 28.7 Å². The third kappa shape index (κ3) is 2.90. The van der Waals surface area contributed by atoms with Gasteiger partial charge in [-0.1, -0.05) is 42.0 Å². The first-order chi connectivity index (χ1) is 12.5. The van der Waals surface area contributed by atoms with Gasteiger partial charge in [-0.3, -0.25) is 0 Å². The van der Waals surface area contributed by atoms with Crippen molar-refractivity contribution < 1.29 is 8.42 Å². The van der Waals surface area contributed by atoms with Crippen LogP contribution < -0.4 is 0 Å². The van der Waals surface area contributed by atoms with E-state index in [1.54, 1.807) is 27.8 Å². The molecule has 3 aromatic rings. The van der Waals surface area contributed by atoms with Gasteiger partial charge in [-0.25, -0.2) is 8.42 Å². The Labute approximate surface area is 159 Å². The van der Waals surface area contributed by atoms with Gasteiger partial charge >= 0.3 is 0 Å². The molecule has 1 aliphatic rings. The summed E-state index contributed by atoms with van der Waals surface area (Å²) in [6.07, 6.45) is 0.764. The minimum Gasteiger partial charge on any atom is -0.207 e. The summed E-state index contributed by atoms with van der Waals surface area (Å²) in [7, 11) is -3.58. The van der Waals surface area contributed by atoms with Crippen molar-refractivity contribution in [1.29, 1.82) is 0 Å². The van der Waals surface area contributed by atoms with Gasteiger partial charge in [0, 0.05) is 11.4 Å².